The largest absolute Gasteiger partial charge is 0.495 e. The summed E-state index contributed by atoms with van der Waals surface area (Å²) in [5.41, 5.74) is 2.14. The number of aromatic nitrogens is 1. The van der Waals surface area contributed by atoms with Gasteiger partial charge in [-0.2, -0.15) is 0 Å². The maximum Gasteiger partial charge on any atom is 0.223 e. The van der Waals surface area contributed by atoms with E-state index >= 15 is 0 Å². The summed E-state index contributed by atoms with van der Waals surface area (Å²) in [5.74, 6) is 1.11. The highest BCUT2D eigenvalue weighted by molar-refractivity contribution is 7.09. The monoisotopic (exact) mass is 345 g/mol. The molecule has 5 nitrogen and oxygen atoms in total. The van der Waals surface area contributed by atoms with Crippen LogP contribution in [-0.4, -0.2) is 49.1 Å². The zero-order chi connectivity index (χ0) is 16.9. The van der Waals surface area contributed by atoms with Gasteiger partial charge in [0.25, 0.3) is 0 Å². The van der Waals surface area contributed by atoms with E-state index in [1.807, 2.05) is 35.4 Å². The van der Waals surface area contributed by atoms with Gasteiger partial charge in [0.1, 0.15) is 5.75 Å². The molecule has 1 aliphatic heterocycles. The lowest BCUT2D eigenvalue weighted by molar-refractivity contribution is -0.131. The molecule has 1 amide bonds. The average Bonchev–Trinajstić information content (AvgIpc) is 3.05. The number of hydrogen-bond donors (Lipinski definition) is 0. The Morgan fingerprint density at radius 2 is 2.00 bits per heavy atom. The van der Waals surface area contributed by atoms with Crippen LogP contribution >= 0.6 is 11.3 Å². The number of piperazine rings is 1. The van der Waals surface area contributed by atoms with Crippen molar-refractivity contribution in [1.29, 1.82) is 0 Å². The second-order valence-electron chi connectivity index (χ2n) is 5.92. The van der Waals surface area contributed by atoms with Crippen molar-refractivity contribution in [2.45, 2.75) is 19.8 Å². The molecule has 1 aromatic carbocycles. The van der Waals surface area contributed by atoms with Crippen molar-refractivity contribution in [3.8, 4) is 5.75 Å². The number of amides is 1. The first-order valence-corrected chi connectivity index (χ1v) is 9.12. The van der Waals surface area contributed by atoms with Crippen LogP contribution in [-0.2, 0) is 11.2 Å². The predicted octanol–water partition coefficient (Wildman–Crippen LogP) is 2.74. The van der Waals surface area contributed by atoms with E-state index in [1.54, 1.807) is 18.4 Å². The molecular weight excluding hydrogens is 322 g/mol. The predicted molar refractivity (Wildman–Crippen MR) is 97.0 cm³/mol. The van der Waals surface area contributed by atoms with E-state index in [4.69, 9.17) is 4.74 Å². The molecule has 1 aliphatic rings. The smallest absolute Gasteiger partial charge is 0.223 e. The Labute approximate surface area is 146 Å². The highest BCUT2D eigenvalue weighted by Gasteiger charge is 2.22. The first kappa shape index (κ1) is 16.8. The molecule has 0 aliphatic carbocycles. The summed E-state index contributed by atoms with van der Waals surface area (Å²) < 4.78 is 5.43. The highest BCUT2D eigenvalue weighted by atomic mass is 32.1. The maximum absolute atomic E-state index is 12.4. The number of para-hydroxylation sites is 2. The lowest BCUT2D eigenvalue weighted by atomic mass is 10.2. The number of carbonyl (C=O) groups is 1. The van der Waals surface area contributed by atoms with Crippen molar-refractivity contribution >= 4 is 22.9 Å². The van der Waals surface area contributed by atoms with E-state index < -0.39 is 0 Å². The summed E-state index contributed by atoms with van der Waals surface area (Å²) in [6, 6.07) is 8.04. The maximum atomic E-state index is 12.4. The van der Waals surface area contributed by atoms with E-state index in [0.29, 0.717) is 6.42 Å². The third-order valence-corrected chi connectivity index (χ3v) is 5.30. The van der Waals surface area contributed by atoms with Gasteiger partial charge in [-0.1, -0.05) is 12.1 Å². The van der Waals surface area contributed by atoms with Crippen LogP contribution in [0.1, 0.15) is 17.1 Å². The van der Waals surface area contributed by atoms with Gasteiger partial charge in [-0.15, -0.1) is 11.3 Å². The first-order chi connectivity index (χ1) is 11.7. The Kier molecular flexibility index (Phi) is 5.35. The number of methoxy groups -OCH3 is 1. The molecule has 6 heteroatoms. The molecule has 1 fully saturated rings. The molecule has 2 aromatic rings. The topological polar surface area (TPSA) is 45.7 Å². The van der Waals surface area contributed by atoms with Gasteiger partial charge in [0, 0.05) is 50.1 Å². The summed E-state index contributed by atoms with van der Waals surface area (Å²) in [7, 11) is 1.69. The number of aryl methyl sites for hydroxylation is 2. The van der Waals surface area contributed by atoms with Crippen LogP contribution in [0.4, 0.5) is 5.69 Å². The van der Waals surface area contributed by atoms with Crippen LogP contribution in [0, 0.1) is 6.92 Å². The van der Waals surface area contributed by atoms with Crippen LogP contribution in [0.2, 0.25) is 0 Å². The number of thiazole rings is 1. The van der Waals surface area contributed by atoms with Crippen LogP contribution < -0.4 is 9.64 Å². The molecule has 2 heterocycles. The van der Waals surface area contributed by atoms with Crippen LogP contribution in [0.15, 0.2) is 29.6 Å². The first-order valence-electron chi connectivity index (χ1n) is 8.24. The highest BCUT2D eigenvalue weighted by Crippen LogP contribution is 2.28. The number of carbonyl (C=O) groups excluding carboxylic acids is 1. The molecule has 0 unspecified atom stereocenters. The SMILES string of the molecule is COc1ccccc1N1CCN(C(=O)CCc2nc(C)cs2)CC1. The van der Waals surface area contributed by atoms with Gasteiger partial charge in [-0.05, 0) is 19.1 Å². The van der Waals surface area contributed by atoms with Crippen molar-refractivity contribution in [1.82, 2.24) is 9.88 Å². The second kappa shape index (κ2) is 7.66. The minimum absolute atomic E-state index is 0.225. The zero-order valence-corrected chi connectivity index (χ0v) is 15.0. The van der Waals surface area contributed by atoms with E-state index in [2.05, 4.69) is 16.0 Å². The molecule has 0 N–H and O–H groups in total. The lowest BCUT2D eigenvalue weighted by Crippen LogP contribution is -2.48. The van der Waals surface area contributed by atoms with Gasteiger partial charge in [0.15, 0.2) is 0 Å². The molecular formula is C18H23N3O2S. The summed E-state index contributed by atoms with van der Waals surface area (Å²) >= 11 is 1.64. The molecule has 0 radical (unpaired) electrons. The average molecular weight is 345 g/mol. The Hall–Kier alpha value is -2.08. The molecule has 0 atom stereocenters. The van der Waals surface area contributed by atoms with E-state index in [1.165, 1.54) is 0 Å². The second-order valence-corrected chi connectivity index (χ2v) is 6.86. The van der Waals surface area contributed by atoms with Gasteiger partial charge in [0.2, 0.25) is 5.91 Å². The fourth-order valence-electron chi connectivity index (χ4n) is 2.98. The number of rotatable bonds is 5. The molecule has 128 valence electrons. The van der Waals surface area contributed by atoms with Gasteiger partial charge in [-0.3, -0.25) is 4.79 Å². The van der Waals surface area contributed by atoms with Gasteiger partial charge in [-0.25, -0.2) is 4.98 Å². The van der Waals surface area contributed by atoms with E-state index in [-0.39, 0.29) is 5.91 Å². The number of hydrogen-bond acceptors (Lipinski definition) is 5. The third-order valence-electron chi connectivity index (χ3n) is 4.28. The number of ether oxygens (including phenoxy) is 1. The standard InChI is InChI=1S/C18H23N3O2S/c1-14-13-24-17(19-14)7-8-18(22)21-11-9-20(10-12-21)15-5-3-4-6-16(15)23-2/h3-6,13H,7-12H2,1-2H3. The van der Waals surface area contributed by atoms with Crippen LogP contribution in [0.3, 0.4) is 0 Å². The van der Waals surface area contributed by atoms with Crippen molar-refractivity contribution in [2.75, 3.05) is 38.2 Å². The summed E-state index contributed by atoms with van der Waals surface area (Å²) in [6.45, 7) is 5.17. The zero-order valence-electron chi connectivity index (χ0n) is 14.2. The number of anilines is 1. The molecule has 1 aromatic heterocycles. The molecule has 3 rings (SSSR count). The van der Waals surface area contributed by atoms with Crippen LogP contribution in [0.5, 0.6) is 5.75 Å². The van der Waals surface area contributed by atoms with Gasteiger partial charge >= 0.3 is 0 Å². The van der Waals surface area contributed by atoms with Crippen molar-refractivity contribution < 1.29 is 9.53 Å². The Morgan fingerprint density at radius 1 is 1.25 bits per heavy atom. The number of benzene rings is 1. The summed E-state index contributed by atoms with van der Waals surface area (Å²) in [4.78, 5) is 21.1. The molecule has 24 heavy (non-hydrogen) atoms. The fraction of sp³-hybridized carbons (Fsp3) is 0.444. The molecule has 0 bridgehead atoms. The van der Waals surface area contributed by atoms with Crippen molar-refractivity contribution in [3.63, 3.8) is 0 Å². The quantitative estimate of drug-likeness (QED) is 0.836. The minimum Gasteiger partial charge on any atom is -0.495 e. The molecule has 0 spiro atoms. The van der Waals surface area contributed by atoms with Crippen molar-refractivity contribution in [3.05, 3.63) is 40.3 Å². The third kappa shape index (κ3) is 3.87. The van der Waals surface area contributed by atoms with Gasteiger partial charge in [0.05, 0.1) is 17.8 Å². The Balaban J connectivity index is 1.52. The van der Waals surface area contributed by atoms with Crippen molar-refractivity contribution in [2.24, 2.45) is 0 Å². The van der Waals surface area contributed by atoms with Gasteiger partial charge < -0.3 is 14.5 Å². The molecule has 1 saturated heterocycles. The fourth-order valence-corrected chi connectivity index (χ4v) is 3.75. The normalized spacial score (nSPS) is 14.8. The van der Waals surface area contributed by atoms with Crippen LogP contribution in [0.25, 0.3) is 0 Å². The Bertz CT molecular complexity index is 693. The molecule has 0 saturated carbocycles. The van der Waals surface area contributed by atoms with E-state index in [0.717, 1.165) is 54.7 Å². The Morgan fingerprint density at radius 3 is 2.67 bits per heavy atom. The minimum atomic E-state index is 0.225. The summed E-state index contributed by atoms with van der Waals surface area (Å²) in [5, 5.41) is 3.08. The van der Waals surface area contributed by atoms with E-state index in [9.17, 15) is 4.79 Å². The lowest BCUT2D eigenvalue weighted by Gasteiger charge is -2.36. The summed E-state index contributed by atoms with van der Waals surface area (Å²) in [6.07, 6.45) is 1.28. The number of nitrogens with zero attached hydrogens (tertiary/aromatic N) is 3.